The lowest BCUT2D eigenvalue weighted by Crippen LogP contribution is -2.15. The highest BCUT2D eigenvalue weighted by Gasteiger charge is 2.12. The van der Waals surface area contributed by atoms with E-state index in [0.717, 1.165) is 0 Å². The van der Waals surface area contributed by atoms with Gasteiger partial charge in [0.25, 0.3) is 5.91 Å². The largest absolute Gasteiger partial charge is 0.454 e. The molecule has 0 aliphatic rings. The second-order valence-electron chi connectivity index (χ2n) is 5.76. The number of Topliss-reactive ketones (excluding diaryl/α,β-unsaturated/α-hetero) is 1. The predicted octanol–water partition coefficient (Wildman–Crippen LogP) is 3.98. The van der Waals surface area contributed by atoms with Gasteiger partial charge in [0, 0.05) is 16.8 Å². The molecule has 3 rings (SSSR count). The summed E-state index contributed by atoms with van der Waals surface area (Å²) in [5.74, 6) is -1.10. The van der Waals surface area contributed by atoms with Gasteiger partial charge in [-0.1, -0.05) is 36.4 Å². The lowest BCUT2D eigenvalue weighted by atomic mass is 10.1. The maximum Gasteiger partial charge on any atom is 0.338 e. The molecule has 0 aliphatic carbocycles. The zero-order chi connectivity index (χ0) is 19.1. The number of ketones is 1. The van der Waals surface area contributed by atoms with Gasteiger partial charge in [0.2, 0.25) is 0 Å². The van der Waals surface area contributed by atoms with Crippen LogP contribution in [0.3, 0.4) is 0 Å². The fraction of sp³-hybridized carbons (Fsp3) is 0.0455. The number of hydrogen-bond donors (Lipinski definition) is 1. The third-order valence-electron chi connectivity index (χ3n) is 3.84. The molecule has 3 aromatic carbocycles. The van der Waals surface area contributed by atoms with E-state index in [1.165, 1.54) is 0 Å². The van der Waals surface area contributed by atoms with Crippen LogP contribution in [0, 0.1) is 0 Å². The van der Waals surface area contributed by atoms with Crippen molar-refractivity contribution in [1.29, 1.82) is 0 Å². The Kier molecular flexibility index (Phi) is 5.74. The Balaban J connectivity index is 1.56. The Morgan fingerprint density at radius 3 is 1.81 bits per heavy atom. The van der Waals surface area contributed by atoms with E-state index in [1.54, 1.807) is 78.9 Å². The summed E-state index contributed by atoms with van der Waals surface area (Å²) < 4.78 is 5.04. The number of carbonyl (C=O) groups excluding carboxylic acids is 3. The van der Waals surface area contributed by atoms with Gasteiger partial charge in [0.05, 0.1) is 5.56 Å². The molecule has 0 aliphatic heterocycles. The molecule has 0 bridgehead atoms. The topological polar surface area (TPSA) is 72.5 Å². The summed E-state index contributed by atoms with van der Waals surface area (Å²) in [6.45, 7) is -0.344. The minimum atomic E-state index is -0.546. The van der Waals surface area contributed by atoms with Gasteiger partial charge in [0.15, 0.2) is 12.4 Å². The third-order valence-corrected chi connectivity index (χ3v) is 3.84. The average Bonchev–Trinajstić information content (AvgIpc) is 2.73. The fourth-order valence-corrected chi connectivity index (χ4v) is 2.40. The zero-order valence-electron chi connectivity index (χ0n) is 14.4. The van der Waals surface area contributed by atoms with Crippen molar-refractivity contribution in [3.05, 3.63) is 102 Å². The summed E-state index contributed by atoms with van der Waals surface area (Å²) in [6.07, 6.45) is 0. The summed E-state index contributed by atoms with van der Waals surface area (Å²) >= 11 is 0. The van der Waals surface area contributed by atoms with Crippen molar-refractivity contribution < 1.29 is 19.1 Å². The molecule has 1 amide bonds. The number of carbonyl (C=O) groups is 3. The monoisotopic (exact) mass is 359 g/mol. The van der Waals surface area contributed by atoms with Crippen molar-refractivity contribution in [3.63, 3.8) is 0 Å². The second kappa shape index (κ2) is 8.58. The second-order valence-corrected chi connectivity index (χ2v) is 5.76. The molecular formula is C22H17NO4. The van der Waals surface area contributed by atoms with E-state index >= 15 is 0 Å². The molecule has 0 saturated carbocycles. The Labute approximate surface area is 156 Å². The van der Waals surface area contributed by atoms with Gasteiger partial charge in [-0.25, -0.2) is 4.79 Å². The van der Waals surface area contributed by atoms with E-state index in [4.69, 9.17) is 4.74 Å². The molecule has 0 aromatic heterocycles. The molecule has 0 unspecified atom stereocenters. The molecule has 0 fully saturated rings. The van der Waals surface area contributed by atoms with E-state index in [1.807, 2.05) is 6.07 Å². The molecule has 0 spiro atoms. The maximum atomic E-state index is 12.2. The number of esters is 1. The third kappa shape index (κ3) is 4.89. The van der Waals surface area contributed by atoms with Gasteiger partial charge < -0.3 is 10.1 Å². The van der Waals surface area contributed by atoms with E-state index in [2.05, 4.69) is 5.32 Å². The highest BCUT2D eigenvalue weighted by Crippen LogP contribution is 2.12. The maximum absolute atomic E-state index is 12.2. The molecule has 27 heavy (non-hydrogen) atoms. The van der Waals surface area contributed by atoms with Gasteiger partial charge in [-0.3, -0.25) is 9.59 Å². The quantitative estimate of drug-likeness (QED) is 0.534. The van der Waals surface area contributed by atoms with Crippen LogP contribution in [-0.4, -0.2) is 24.3 Å². The highest BCUT2D eigenvalue weighted by molar-refractivity contribution is 6.04. The van der Waals surface area contributed by atoms with Gasteiger partial charge in [0.1, 0.15) is 0 Å². The summed E-state index contributed by atoms with van der Waals surface area (Å²) in [4.78, 5) is 36.1. The van der Waals surface area contributed by atoms with Crippen molar-refractivity contribution >= 4 is 23.3 Å². The number of rotatable bonds is 6. The predicted molar refractivity (Wildman–Crippen MR) is 102 cm³/mol. The smallest absolute Gasteiger partial charge is 0.338 e. The summed E-state index contributed by atoms with van der Waals surface area (Å²) in [6, 6.07) is 23.7. The molecule has 0 saturated heterocycles. The number of anilines is 1. The van der Waals surface area contributed by atoms with Gasteiger partial charge >= 0.3 is 5.97 Å². The van der Waals surface area contributed by atoms with Crippen LogP contribution >= 0.6 is 0 Å². The van der Waals surface area contributed by atoms with Crippen LogP contribution in [0.1, 0.15) is 31.1 Å². The molecule has 5 heteroatoms. The first kappa shape index (κ1) is 18.1. The summed E-state index contributed by atoms with van der Waals surface area (Å²) in [5.41, 5.74) is 1.91. The molecule has 134 valence electrons. The van der Waals surface area contributed by atoms with Crippen LogP contribution in [0.15, 0.2) is 84.9 Å². The minimum Gasteiger partial charge on any atom is -0.454 e. The summed E-state index contributed by atoms with van der Waals surface area (Å²) in [5, 5.41) is 2.76. The van der Waals surface area contributed by atoms with Gasteiger partial charge in [-0.2, -0.15) is 0 Å². The van der Waals surface area contributed by atoms with Crippen LogP contribution in [-0.2, 0) is 4.74 Å². The zero-order valence-corrected chi connectivity index (χ0v) is 14.4. The van der Waals surface area contributed by atoms with Gasteiger partial charge in [-0.05, 0) is 48.5 Å². The number of ether oxygens (including phenoxy) is 1. The van der Waals surface area contributed by atoms with Crippen molar-refractivity contribution in [2.45, 2.75) is 0 Å². The van der Waals surface area contributed by atoms with E-state index in [9.17, 15) is 14.4 Å². The Morgan fingerprint density at radius 2 is 1.22 bits per heavy atom. The SMILES string of the molecule is O=C(COC(=O)c1ccccc1)c1ccc(NC(=O)c2ccccc2)cc1. The Bertz CT molecular complexity index is 935. The Morgan fingerprint density at radius 1 is 0.667 bits per heavy atom. The molecule has 0 heterocycles. The first-order valence-corrected chi connectivity index (χ1v) is 8.35. The number of hydrogen-bond acceptors (Lipinski definition) is 4. The standard InChI is InChI=1S/C22H17NO4/c24-20(15-27-22(26)18-9-5-2-6-10-18)16-11-13-19(14-12-16)23-21(25)17-7-3-1-4-8-17/h1-14H,15H2,(H,23,25). The minimum absolute atomic E-state index is 0.230. The molecule has 5 nitrogen and oxygen atoms in total. The first-order chi connectivity index (χ1) is 13.1. The van der Waals surface area contributed by atoms with Crippen LogP contribution in [0.5, 0.6) is 0 Å². The first-order valence-electron chi connectivity index (χ1n) is 8.35. The van der Waals surface area contributed by atoms with Crippen molar-refractivity contribution in [3.8, 4) is 0 Å². The number of benzene rings is 3. The Hall–Kier alpha value is -3.73. The summed E-state index contributed by atoms with van der Waals surface area (Å²) in [7, 11) is 0. The average molecular weight is 359 g/mol. The lowest BCUT2D eigenvalue weighted by Gasteiger charge is -2.07. The molecule has 0 atom stereocenters. The highest BCUT2D eigenvalue weighted by atomic mass is 16.5. The van der Waals surface area contributed by atoms with E-state index in [0.29, 0.717) is 22.4 Å². The molecule has 0 radical (unpaired) electrons. The molecule has 3 aromatic rings. The number of amides is 1. The fourth-order valence-electron chi connectivity index (χ4n) is 2.40. The van der Waals surface area contributed by atoms with Crippen LogP contribution in [0.25, 0.3) is 0 Å². The van der Waals surface area contributed by atoms with Crippen LogP contribution < -0.4 is 5.32 Å². The molecule has 1 N–H and O–H groups in total. The van der Waals surface area contributed by atoms with Crippen molar-refractivity contribution in [2.75, 3.05) is 11.9 Å². The van der Waals surface area contributed by atoms with E-state index in [-0.39, 0.29) is 18.3 Å². The van der Waals surface area contributed by atoms with Crippen LogP contribution in [0.4, 0.5) is 5.69 Å². The van der Waals surface area contributed by atoms with Crippen molar-refractivity contribution in [2.24, 2.45) is 0 Å². The van der Waals surface area contributed by atoms with Crippen molar-refractivity contribution in [1.82, 2.24) is 0 Å². The van der Waals surface area contributed by atoms with Gasteiger partial charge in [-0.15, -0.1) is 0 Å². The normalized spacial score (nSPS) is 10.1. The molecular weight excluding hydrogens is 342 g/mol. The van der Waals surface area contributed by atoms with E-state index < -0.39 is 5.97 Å². The lowest BCUT2D eigenvalue weighted by molar-refractivity contribution is 0.0474. The number of nitrogens with one attached hydrogen (secondary N) is 1. The van der Waals surface area contributed by atoms with Crippen LogP contribution in [0.2, 0.25) is 0 Å².